The van der Waals surface area contributed by atoms with Crippen molar-refractivity contribution >= 4 is 5.97 Å². The topological polar surface area (TPSA) is 69.5 Å². The maximum absolute atomic E-state index is 11.7. The molecule has 1 rings (SSSR count). The van der Waals surface area contributed by atoms with Gasteiger partial charge in [-0.15, -0.1) is 10.2 Å². The van der Waals surface area contributed by atoms with Gasteiger partial charge in [-0.2, -0.15) is 0 Å². The zero-order chi connectivity index (χ0) is 14.3. The number of carbonyl (C=O) groups excluding carboxylic acids is 1. The SMILES string of the molecule is CCOC(=O)c1nnc(C)n1CCOCCN(C)C. The molecule has 0 aliphatic carbocycles. The number of ether oxygens (including phenoxy) is 2. The molecular weight excluding hydrogens is 248 g/mol. The van der Waals surface area contributed by atoms with Crippen molar-refractivity contribution in [3.8, 4) is 0 Å². The van der Waals surface area contributed by atoms with E-state index in [0.29, 0.717) is 32.2 Å². The van der Waals surface area contributed by atoms with Crippen molar-refractivity contribution in [2.45, 2.75) is 20.4 Å². The van der Waals surface area contributed by atoms with E-state index in [1.807, 2.05) is 19.0 Å². The minimum Gasteiger partial charge on any atom is -0.460 e. The first-order chi connectivity index (χ1) is 9.06. The quantitative estimate of drug-likeness (QED) is 0.501. The van der Waals surface area contributed by atoms with E-state index < -0.39 is 5.97 Å². The lowest BCUT2D eigenvalue weighted by Gasteiger charge is -2.11. The van der Waals surface area contributed by atoms with Crippen LogP contribution >= 0.6 is 0 Å². The summed E-state index contributed by atoms with van der Waals surface area (Å²) in [6.45, 7) is 6.46. The summed E-state index contributed by atoms with van der Waals surface area (Å²) in [7, 11) is 3.98. The summed E-state index contributed by atoms with van der Waals surface area (Å²) in [6.07, 6.45) is 0. The van der Waals surface area contributed by atoms with Crippen LogP contribution in [0.3, 0.4) is 0 Å². The van der Waals surface area contributed by atoms with Crippen LogP contribution in [0.2, 0.25) is 0 Å². The van der Waals surface area contributed by atoms with Crippen molar-refractivity contribution < 1.29 is 14.3 Å². The molecule has 0 aliphatic rings. The number of esters is 1. The summed E-state index contributed by atoms with van der Waals surface area (Å²) < 4.78 is 12.1. The number of rotatable bonds is 8. The highest BCUT2D eigenvalue weighted by Gasteiger charge is 2.17. The van der Waals surface area contributed by atoms with Gasteiger partial charge in [0.25, 0.3) is 0 Å². The Morgan fingerprint density at radius 3 is 2.68 bits per heavy atom. The minimum absolute atomic E-state index is 0.232. The van der Waals surface area contributed by atoms with Crippen LogP contribution in [0.1, 0.15) is 23.4 Å². The van der Waals surface area contributed by atoms with Crippen LogP contribution in [0.25, 0.3) is 0 Å². The monoisotopic (exact) mass is 270 g/mol. The van der Waals surface area contributed by atoms with Crippen LogP contribution in [0, 0.1) is 6.92 Å². The molecule has 0 unspecified atom stereocenters. The molecule has 108 valence electrons. The van der Waals surface area contributed by atoms with Gasteiger partial charge in [-0.25, -0.2) is 4.79 Å². The van der Waals surface area contributed by atoms with E-state index >= 15 is 0 Å². The highest BCUT2D eigenvalue weighted by molar-refractivity contribution is 5.85. The molecule has 1 heterocycles. The van der Waals surface area contributed by atoms with E-state index in [9.17, 15) is 4.79 Å². The van der Waals surface area contributed by atoms with Crippen molar-refractivity contribution in [2.24, 2.45) is 0 Å². The van der Waals surface area contributed by atoms with Crippen molar-refractivity contribution in [3.63, 3.8) is 0 Å². The van der Waals surface area contributed by atoms with Gasteiger partial charge in [0.15, 0.2) is 0 Å². The third-order valence-corrected chi connectivity index (χ3v) is 2.54. The molecule has 0 radical (unpaired) electrons. The predicted molar refractivity (Wildman–Crippen MR) is 70.1 cm³/mol. The molecule has 0 saturated carbocycles. The molecule has 0 aromatic carbocycles. The Balaban J connectivity index is 2.48. The fourth-order valence-corrected chi connectivity index (χ4v) is 1.50. The second kappa shape index (κ2) is 7.85. The van der Waals surface area contributed by atoms with Crippen molar-refractivity contribution in [1.82, 2.24) is 19.7 Å². The Bertz CT molecular complexity index is 404. The van der Waals surface area contributed by atoms with Gasteiger partial charge in [-0.1, -0.05) is 0 Å². The zero-order valence-corrected chi connectivity index (χ0v) is 12.0. The summed E-state index contributed by atoms with van der Waals surface area (Å²) in [5.41, 5.74) is 0. The summed E-state index contributed by atoms with van der Waals surface area (Å²) in [5.74, 6) is 0.464. The number of likely N-dealkylation sites (N-methyl/N-ethyl adjacent to an activating group) is 1. The Kier molecular flexibility index (Phi) is 6.44. The summed E-state index contributed by atoms with van der Waals surface area (Å²) >= 11 is 0. The van der Waals surface area contributed by atoms with E-state index in [0.717, 1.165) is 6.54 Å². The molecule has 0 spiro atoms. The highest BCUT2D eigenvalue weighted by atomic mass is 16.5. The number of hydrogen-bond donors (Lipinski definition) is 0. The fraction of sp³-hybridized carbons (Fsp3) is 0.750. The third-order valence-electron chi connectivity index (χ3n) is 2.54. The first-order valence-electron chi connectivity index (χ1n) is 6.35. The molecule has 0 atom stereocenters. The number of carbonyl (C=O) groups is 1. The number of hydrogen-bond acceptors (Lipinski definition) is 6. The number of aryl methyl sites for hydroxylation is 1. The summed E-state index contributed by atoms with van der Waals surface area (Å²) in [5, 5.41) is 7.73. The number of aromatic nitrogens is 3. The molecule has 0 saturated heterocycles. The normalized spacial score (nSPS) is 11.0. The van der Waals surface area contributed by atoms with E-state index in [-0.39, 0.29) is 5.82 Å². The van der Waals surface area contributed by atoms with E-state index in [1.54, 1.807) is 18.4 Å². The third kappa shape index (κ3) is 4.96. The molecule has 0 fully saturated rings. The Labute approximate surface area is 113 Å². The smallest absolute Gasteiger partial charge is 0.376 e. The number of nitrogens with zero attached hydrogens (tertiary/aromatic N) is 4. The van der Waals surface area contributed by atoms with Crippen molar-refractivity contribution in [2.75, 3.05) is 40.5 Å². The van der Waals surface area contributed by atoms with E-state index in [2.05, 4.69) is 10.2 Å². The van der Waals surface area contributed by atoms with Crippen LogP contribution in [0.4, 0.5) is 0 Å². The lowest BCUT2D eigenvalue weighted by molar-refractivity contribution is 0.0500. The fourth-order valence-electron chi connectivity index (χ4n) is 1.50. The van der Waals surface area contributed by atoms with E-state index in [4.69, 9.17) is 9.47 Å². The molecule has 0 aliphatic heterocycles. The van der Waals surface area contributed by atoms with Gasteiger partial charge < -0.3 is 18.9 Å². The van der Waals surface area contributed by atoms with Crippen LogP contribution in [0.15, 0.2) is 0 Å². The van der Waals surface area contributed by atoms with Crippen LogP contribution in [-0.2, 0) is 16.0 Å². The zero-order valence-electron chi connectivity index (χ0n) is 12.0. The molecule has 1 aromatic rings. The van der Waals surface area contributed by atoms with Gasteiger partial charge in [0.1, 0.15) is 5.82 Å². The molecule has 0 amide bonds. The van der Waals surface area contributed by atoms with Crippen LogP contribution in [0.5, 0.6) is 0 Å². The van der Waals surface area contributed by atoms with Gasteiger partial charge in [0, 0.05) is 13.1 Å². The van der Waals surface area contributed by atoms with E-state index in [1.165, 1.54) is 0 Å². The predicted octanol–water partition coefficient (Wildman–Crippen LogP) is 0.341. The highest BCUT2D eigenvalue weighted by Crippen LogP contribution is 2.03. The second-order valence-corrected chi connectivity index (χ2v) is 4.36. The summed E-state index contributed by atoms with van der Waals surface area (Å²) in [6, 6.07) is 0. The maximum atomic E-state index is 11.7. The molecule has 1 aromatic heterocycles. The van der Waals surface area contributed by atoms with Gasteiger partial charge in [-0.3, -0.25) is 0 Å². The molecule has 19 heavy (non-hydrogen) atoms. The second-order valence-electron chi connectivity index (χ2n) is 4.36. The Hall–Kier alpha value is -1.47. The first-order valence-corrected chi connectivity index (χ1v) is 6.35. The average molecular weight is 270 g/mol. The van der Waals surface area contributed by atoms with Crippen molar-refractivity contribution in [1.29, 1.82) is 0 Å². The molecule has 0 bridgehead atoms. The average Bonchev–Trinajstić information content (AvgIpc) is 2.70. The van der Waals surface area contributed by atoms with Crippen LogP contribution < -0.4 is 0 Å². The van der Waals surface area contributed by atoms with Gasteiger partial charge >= 0.3 is 5.97 Å². The molecule has 0 N–H and O–H groups in total. The lowest BCUT2D eigenvalue weighted by Crippen LogP contribution is -2.20. The maximum Gasteiger partial charge on any atom is 0.376 e. The standard InChI is InChI=1S/C12H22N4O3/c1-5-19-12(17)11-14-13-10(2)16(11)7-9-18-8-6-15(3)4/h5-9H2,1-4H3. The van der Waals surface area contributed by atoms with Crippen LogP contribution in [-0.4, -0.2) is 66.1 Å². The van der Waals surface area contributed by atoms with Gasteiger partial charge in [-0.05, 0) is 27.9 Å². The lowest BCUT2D eigenvalue weighted by atomic mass is 10.5. The molecule has 7 nitrogen and oxygen atoms in total. The largest absolute Gasteiger partial charge is 0.460 e. The Morgan fingerprint density at radius 1 is 1.32 bits per heavy atom. The molecule has 7 heteroatoms. The Morgan fingerprint density at radius 2 is 2.05 bits per heavy atom. The minimum atomic E-state index is -0.448. The first kappa shape index (κ1) is 15.6. The van der Waals surface area contributed by atoms with Gasteiger partial charge in [0.2, 0.25) is 5.82 Å². The van der Waals surface area contributed by atoms with Crippen molar-refractivity contribution in [3.05, 3.63) is 11.6 Å². The van der Waals surface area contributed by atoms with Gasteiger partial charge in [0.05, 0.1) is 19.8 Å². The molecular formula is C12H22N4O3. The summed E-state index contributed by atoms with van der Waals surface area (Å²) in [4.78, 5) is 13.7.